The van der Waals surface area contributed by atoms with Crippen molar-refractivity contribution in [2.24, 2.45) is 0 Å². The quantitative estimate of drug-likeness (QED) is 0.575. The Labute approximate surface area is 177 Å². The number of benzene rings is 3. The molecule has 0 aliphatic rings. The molecule has 0 saturated carbocycles. The van der Waals surface area contributed by atoms with Gasteiger partial charge in [-0.1, -0.05) is 37.3 Å². The number of para-hydroxylation sites is 1. The van der Waals surface area contributed by atoms with Crippen molar-refractivity contribution in [3.63, 3.8) is 0 Å². The van der Waals surface area contributed by atoms with Crippen LogP contribution in [0.15, 0.2) is 66.7 Å². The van der Waals surface area contributed by atoms with Crippen molar-refractivity contribution in [1.82, 2.24) is 0 Å². The fraction of sp³-hybridized carbons (Fsp3) is 0.200. The highest BCUT2D eigenvalue weighted by Gasteiger charge is 2.14. The van der Waals surface area contributed by atoms with Crippen LogP contribution in [0.3, 0.4) is 0 Å². The van der Waals surface area contributed by atoms with E-state index in [0.29, 0.717) is 22.7 Å². The van der Waals surface area contributed by atoms with E-state index in [2.05, 4.69) is 17.6 Å². The Hall–Kier alpha value is -3.60. The lowest BCUT2D eigenvalue weighted by Gasteiger charge is -2.13. The van der Waals surface area contributed by atoms with Gasteiger partial charge in [0.1, 0.15) is 5.75 Å². The molecule has 3 aromatic carbocycles. The van der Waals surface area contributed by atoms with Gasteiger partial charge in [0.15, 0.2) is 6.61 Å². The van der Waals surface area contributed by atoms with E-state index in [1.54, 1.807) is 24.3 Å². The second kappa shape index (κ2) is 9.74. The van der Waals surface area contributed by atoms with E-state index in [-0.39, 0.29) is 18.4 Å². The molecule has 0 unspecified atom stereocenters. The summed E-state index contributed by atoms with van der Waals surface area (Å²) < 4.78 is 5.55. The van der Waals surface area contributed by atoms with Gasteiger partial charge >= 0.3 is 0 Å². The van der Waals surface area contributed by atoms with Crippen LogP contribution in [0, 0.1) is 13.8 Å². The average molecular weight is 402 g/mol. The first kappa shape index (κ1) is 21.1. The highest BCUT2D eigenvalue weighted by atomic mass is 16.5. The molecule has 5 nitrogen and oxygen atoms in total. The van der Waals surface area contributed by atoms with Crippen LogP contribution in [0.1, 0.15) is 34.0 Å². The van der Waals surface area contributed by atoms with Gasteiger partial charge in [-0.25, -0.2) is 0 Å². The zero-order valence-electron chi connectivity index (χ0n) is 17.5. The molecule has 0 aliphatic heterocycles. The topological polar surface area (TPSA) is 67.4 Å². The number of hydrogen-bond acceptors (Lipinski definition) is 3. The van der Waals surface area contributed by atoms with Gasteiger partial charge in [-0.15, -0.1) is 0 Å². The first-order valence-corrected chi connectivity index (χ1v) is 9.95. The number of rotatable bonds is 7. The SMILES string of the molecule is CCc1ccc(OCC(=O)Nc2ccccc2C(=O)Nc2ccc(C)c(C)c2)cc1. The van der Waals surface area contributed by atoms with Crippen molar-refractivity contribution < 1.29 is 14.3 Å². The maximum Gasteiger partial charge on any atom is 0.262 e. The molecule has 0 heterocycles. The Morgan fingerprint density at radius 1 is 0.867 bits per heavy atom. The highest BCUT2D eigenvalue weighted by molar-refractivity contribution is 6.10. The molecule has 0 radical (unpaired) electrons. The minimum atomic E-state index is -0.332. The van der Waals surface area contributed by atoms with Crippen molar-refractivity contribution >= 4 is 23.2 Å². The van der Waals surface area contributed by atoms with Crippen LogP contribution >= 0.6 is 0 Å². The summed E-state index contributed by atoms with van der Waals surface area (Å²) in [6.07, 6.45) is 0.946. The van der Waals surface area contributed by atoms with E-state index in [9.17, 15) is 9.59 Å². The lowest BCUT2D eigenvalue weighted by atomic mass is 10.1. The molecule has 0 bridgehead atoms. The van der Waals surface area contributed by atoms with E-state index < -0.39 is 0 Å². The van der Waals surface area contributed by atoms with Gasteiger partial charge in [-0.2, -0.15) is 0 Å². The van der Waals surface area contributed by atoms with Gasteiger partial charge in [0.2, 0.25) is 0 Å². The van der Waals surface area contributed by atoms with Crippen LogP contribution < -0.4 is 15.4 Å². The average Bonchev–Trinajstić information content (AvgIpc) is 2.75. The van der Waals surface area contributed by atoms with E-state index >= 15 is 0 Å². The smallest absolute Gasteiger partial charge is 0.262 e. The fourth-order valence-electron chi connectivity index (χ4n) is 2.96. The van der Waals surface area contributed by atoms with Crippen LogP contribution in [-0.2, 0) is 11.2 Å². The summed E-state index contributed by atoms with van der Waals surface area (Å²) in [6.45, 7) is 5.95. The molecule has 0 aromatic heterocycles. The molecule has 2 N–H and O–H groups in total. The summed E-state index contributed by atoms with van der Waals surface area (Å²) in [5.41, 5.74) is 4.99. The second-order valence-corrected chi connectivity index (χ2v) is 7.13. The predicted octanol–water partition coefficient (Wildman–Crippen LogP) is 5.14. The maximum absolute atomic E-state index is 12.8. The number of aryl methyl sites for hydroxylation is 3. The molecule has 2 amide bonds. The molecule has 0 fully saturated rings. The lowest BCUT2D eigenvalue weighted by Crippen LogP contribution is -2.22. The highest BCUT2D eigenvalue weighted by Crippen LogP contribution is 2.19. The molecular weight excluding hydrogens is 376 g/mol. The first-order valence-electron chi connectivity index (χ1n) is 9.95. The van der Waals surface area contributed by atoms with Gasteiger partial charge in [0.25, 0.3) is 11.8 Å². The zero-order chi connectivity index (χ0) is 21.5. The number of anilines is 2. The van der Waals surface area contributed by atoms with Crippen LogP contribution in [0.4, 0.5) is 11.4 Å². The van der Waals surface area contributed by atoms with Crippen molar-refractivity contribution in [3.8, 4) is 5.75 Å². The van der Waals surface area contributed by atoms with Crippen molar-refractivity contribution in [2.45, 2.75) is 27.2 Å². The maximum atomic E-state index is 12.8. The van der Waals surface area contributed by atoms with Crippen LogP contribution in [0.2, 0.25) is 0 Å². The van der Waals surface area contributed by atoms with Crippen molar-refractivity contribution in [3.05, 3.63) is 89.0 Å². The summed E-state index contributed by atoms with van der Waals surface area (Å²) in [7, 11) is 0. The Morgan fingerprint density at radius 2 is 1.60 bits per heavy atom. The molecule has 0 aliphatic carbocycles. The Morgan fingerprint density at radius 3 is 2.30 bits per heavy atom. The van der Waals surface area contributed by atoms with Gasteiger partial charge in [-0.05, 0) is 73.4 Å². The summed E-state index contributed by atoms with van der Waals surface area (Å²) in [6, 6.07) is 20.3. The molecule has 0 atom stereocenters. The fourth-order valence-corrected chi connectivity index (χ4v) is 2.96. The third kappa shape index (κ3) is 5.47. The van der Waals surface area contributed by atoms with Crippen molar-refractivity contribution in [2.75, 3.05) is 17.2 Å². The lowest BCUT2D eigenvalue weighted by molar-refractivity contribution is -0.118. The number of nitrogens with one attached hydrogen (secondary N) is 2. The Kier molecular flexibility index (Phi) is 6.86. The zero-order valence-corrected chi connectivity index (χ0v) is 17.5. The third-order valence-electron chi connectivity index (χ3n) is 4.91. The van der Waals surface area contributed by atoms with Crippen molar-refractivity contribution in [1.29, 1.82) is 0 Å². The van der Waals surface area contributed by atoms with E-state index in [4.69, 9.17) is 4.74 Å². The van der Waals surface area contributed by atoms with Gasteiger partial charge < -0.3 is 15.4 Å². The monoisotopic (exact) mass is 402 g/mol. The standard InChI is InChI=1S/C25H26N2O3/c1-4-19-10-13-21(14-11-19)30-16-24(28)27-23-8-6-5-7-22(23)25(29)26-20-12-9-17(2)18(3)15-20/h5-15H,4,16H2,1-3H3,(H,26,29)(H,27,28). The van der Waals surface area contributed by atoms with E-state index in [1.807, 2.05) is 56.3 Å². The molecule has 0 saturated heterocycles. The minimum Gasteiger partial charge on any atom is -0.484 e. The summed E-state index contributed by atoms with van der Waals surface area (Å²) in [5, 5.41) is 5.65. The molecule has 154 valence electrons. The number of carbonyl (C=O) groups excluding carboxylic acids is 2. The summed E-state index contributed by atoms with van der Waals surface area (Å²) in [4.78, 5) is 25.1. The van der Waals surface area contributed by atoms with Crippen LogP contribution in [0.25, 0.3) is 0 Å². The number of amides is 2. The molecule has 3 rings (SSSR count). The second-order valence-electron chi connectivity index (χ2n) is 7.13. The van der Waals surface area contributed by atoms with E-state index in [1.165, 1.54) is 5.56 Å². The number of ether oxygens (including phenoxy) is 1. The number of carbonyl (C=O) groups is 2. The molecule has 5 heteroatoms. The minimum absolute atomic E-state index is 0.140. The molecule has 30 heavy (non-hydrogen) atoms. The Balaban J connectivity index is 1.64. The Bertz CT molecular complexity index is 1040. The van der Waals surface area contributed by atoms with E-state index in [0.717, 1.165) is 17.5 Å². The molecule has 0 spiro atoms. The van der Waals surface area contributed by atoms with Gasteiger partial charge in [0.05, 0.1) is 11.3 Å². The van der Waals surface area contributed by atoms with Gasteiger partial charge in [0, 0.05) is 5.69 Å². The summed E-state index contributed by atoms with van der Waals surface area (Å²) >= 11 is 0. The normalized spacial score (nSPS) is 10.4. The van der Waals surface area contributed by atoms with Crippen LogP contribution in [0.5, 0.6) is 5.75 Å². The molecular formula is C25H26N2O3. The predicted molar refractivity (Wildman–Crippen MR) is 120 cm³/mol. The van der Waals surface area contributed by atoms with Gasteiger partial charge in [-0.3, -0.25) is 9.59 Å². The third-order valence-corrected chi connectivity index (χ3v) is 4.91. The largest absolute Gasteiger partial charge is 0.484 e. The summed E-state index contributed by atoms with van der Waals surface area (Å²) in [5.74, 6) is 0.00865. The van der Waals surface area contributed by atoms with Crippen LogP contribution in [-0.4, -0.2) is 18.4 Å². The first-order chi connectivity index (χ1) is 14.5. The number of hydrogen-bond donors (Lipinski definition) is 2. The molecule has 3 aromatic rings.